The number of para-hydroxylation sites is 1. The van der Waals surface area contributed by atoms with Crippen LogP contribution in [0.15, 0.2) is 65.8 Å². The molecule has 2 N–H and O–H groups in total. The molecule has 0 radical (unpaired) electrons. The number of rotatable bonds is 8. The van der Waals surface area contributed by atoms with Gasteiger partial charge >= 0.3 is 0 Å². The van der Waals surface area contributed by atoms with Crippen molar-refractivity contribution in [3.8, 4) is 29.4 Å². The fourth-order valence-corrected chi connectivity index (χ4v) is 3.30. The van der Waals surface area contributed by atoms with Crippen LogP contribution in [0.3, 0.4) is 0 Å². The van der Waals surface area contributed by atoms with E-state index in [0.717, 1.165) is 11.3 Å². The summed E-state index contributed by atoms with van der Waals surface area (Å²) in [5, 5.41) is 14.2. The molecule has 0 saturated heterocycles. The molecule has 0 aliphatic rings. The van der Waals surface area contributed by atoms with E-state index >= 15 is 0 Å². The first-order valence-corrected chi connectivity index (χ1v) is 9.83. The molecule has 0 bridgehead atoms. The predicted molar refractivity (Wildman–Crippen MR) is 112 cm³/mol. The second-order valence-corrected chi connectivity index (χ2v) is 6.83. The first-order chi connectivity index (χ1) is 14.2. The van der Waals surface area contributed by atoms with Crippen LogP contribution in [0.25, 0.3) is 17.1 Å². The van der Waals surface area contributed by atoms with Crippen LogP contribution in [0.4, 0.5) is 0 Å². The number of thioether (sulfide) groups is 1. The third kappa shape index (κ3) is 5.46. The molecule has 3 aromatic rings. The summed E-state index contributed by atoms with van der Waals surface area (Å²) in [6, 6.07) is 19.4. The summed E-state index contributed by atoms with van der Waals surface area (Å²) in [6.07, 6.45) is 5.08. The first-order valence-electron chi connectivity index (χ1n) is 8.85. The molecule has 0 fully saturated rings. The molecule has 8 heteroatoms. The lowest BCUT2D eigenvalue weighted by molar-refractivity contribution is -0.124. The monoisotopic (exact) mass is 405 g/mol. The Morgan fingerprint density at radius 3 is 2.34 bits per heavy atom. The quantitative estimate of drug-likeness (QED) is 0.441. The van der Waals surface area contributed by atoms with Gasteiger partial charge in [-0.3, -0.25) is 14.2 Å². The molecule has 2 amide bonds. The lowest BCUT2D eigenvalue weighted by atomic mass is 10.2. The van der Waals surface area contributed by atoms with Gasteiger partial charge in [0.1, 0.15) is 0 Å². The van der Waals surface area contributed by atoms with E-state index in [0.29, 0.717) is 11.0 Å². The van der Waals surface area contributed by atoms with Gasteiger partial charge in [-0.2, -0.15) is 0 Å². The fraction of sp³-hybridized carbons (Fsp3) is 0.143. The van der Waals surface area contributed by atoms with Gasteiger partial charge in [0.25, 0.3) is 0 Å². The second-order valence-electron chi connectivity index (χ2n) is 5.89. The van der Waals surface area contributed by atoms with E-state index < -0.39 is 0 Å². The van der Waals surface area contributed by atoms with E-state index in [1.807, 2.05) is 65.2 Å². The van der Waals surface area contributed by atoms with Gasteiger partial charge < -0.3 is 10.6 Å². The zero-order valence-electron chi connectivity index (χ0n) is 15.5. The Hall–Kier alpha value is -3.57. The predicted octanol–water partition coefficient (Wildman–Crippen LogP) is 1.89. The SMILES string of the molecule is C#CCNC(=O)CNC(=O)CSc1nnc(-c2ccccc2)n1-c1ccccc1. The Kier molecular flexibility index (Phi) is 7.03. The van der Waals surface area contributed by atoms with Gasteiger partial charge in [-0.05, 0) is 12.1 Å². The number of amides is 2. The maximum absolute atomic E-state index is 12.1. The number of hydrogen-bond acceptors (Lipinski definition) is 5. The van der Waals surface area contributed by atoms with Crippen molar-refractivity contribution in [3.63, 3.8) is 0 Å². The van der Waals surface area contributed by atoms with E-state index in [1.54, 1.807) is 0 Å². The van der Waals surface area contributed by atoms with E-state index in [1.165, 1.54) is 11.8 Å². The van der Waals surface area contributed by atoms with E-state index in [2.05, 4.69) is 26.8 Å². The molecule has 0 atom stereocenters. The Morgan fingerprint density at radius 2 is 1.66 bits per heavy atom. The van der Waals surface area contributed by atoms with Crippen molar-refractivity contribution in [2.24, 2.45) is 0 Å². The zero-order chi connectivity index (χ0) is 20.5. The molecule has 0 aliphatic carbocycles. The van der Waals surface area contributed by atoms with Crippen LogP contribution in [0.2, 0.25) is 0 Å². The van der Waals surface area contributed by atoms with E-state index in [9.17, 15) is 9.59 Å². The molecular formula is C21H19N5O2S. The molecule has 0 aliphatic heterocycles. The largest absolute Gasteiger partial charge is 0.346 e. The van der Waals surface area contributed by atoms with Crippen LogP contribution >= 0.6 is 11.8 Å². The summed E-state index contributed by atoms with van der Waals surface area (Å²) in [7, 11) is 0. The summed E-state index contributed by atoms with van der Waals surface area (Å²) in [4.78, 5) is 23.6. The minimum Gasteiger partial charge on any atom is -0.346 e. The zero-order valence-corrected chi connectivity index (χ0v) is 16.4. The Labute approximate surface area is 172 Å². The van der Waals surface area contributed by atoms with Gasteiger partial charge in [0.15, 0.2) is 11.0 Å². The van der Waals surface area contributed by atoms with Crippen LogP contribution in [-0.2, 0) is 9.59 Å². The number of benzene rings is 2. The normalized spacial score (nSPS) is 10.2. The van der Waals surface area contributed by atoms with Crippen molar-refractivity contribution in [2.75, 3.05) is 18.8 Å². The smallest absolute Gasteiger partial charge is 0.240 e. The average Bonchev–Trinajstić information content (AvgIpc) is 3.20. The fourth-order valence-electron chi connectivity index (χ4n) is 2.52. The minimum absolute atomic E-state index is 0.0994. The van der Waals surface area contributed by atoms with Crippen molar-refractivity contribution in [2.45, 2.75) is 5.16 Å². The highest BCUT2D eigenvalue weighted by atomic mass is 32.2. The van der Waals surface area contributed by atoms with E-state index in [4.69, 9.17) is 6.42 Å². The molecule has 2 aromatic carbocycles. The lowest BCUT2D eigenvalue weighted by Crippen LogP contribution is -2.37. The Bertz CT molecular complexity index is 1010. The maximum Gasteiger partial charge on any atom is 0.240 e. The molecule has 146 valence electrons. The van der Waals surface area contributed by atoms with Gasteiger partial charge in [-0.15, -0.1) is 16.6 Å². The molecule has 29 heavy (non-hydrogen) atoms. The van der Waals surface area contributed by atoms with Crippen molar-refractivity contribution in [1.29, 1.82) is 0 Å². The van der Waals surface area contributed by atoms with Gasteiger partial charge in [0.05, 0.1) is 18.8 Å². The second kappa shape index (κ2) is 10.1. The molecule has 0 saturated carbocycles. The highest BCUT2D eigenvalue weighted by Gasteiger charge is 2.17. The van der Waals surface area contributed by atoms with Crippen molar-refractivity contribution >= 4 is 23.6 Å². The Balaban J connectivity index is 1.73. The number of aromatic nitrogens is 3. The van der Waals surface area contributed by atoms with Crippen LogP contribution in [0.1, 0.15) is 0 Å². The minimum atomic E-state index is -0.333. The van der Waals surface area contributed by atoms with Crippen LogP contribution in [0, 0.1) is 12.3 Å². The van der Waals surface area contributed by atoms with Crippen LogP contribution in [0.5, 0.6) is 0 Å². The highest BCUT2D eigenvalue weighted by Crippen LogP contribution is 2.27. The van der Waals surface area contributed by atoms with Crippen molar-refractivity contribution in [3.05, 3.63) is 60.7 Å². The van der Waals surface area contributed by atoms with Crippen LogP contribution < -0.4 is 10.6 Å². The standard InChI is InChI=1S/C21H19N5O2S/c1-2-13-22-18(27)14-23-19(28)15-29-21-25-24-20(16-9-5-3-6-10-16)26(21)17-11-7-4-8-12-17/h1,3-12H,13-15H2,(H,22,27)(H,23,28). The summed E-state index contributed by atoms with van der Waals surface area (Å²) >= 11 is 1.25. The number of terminal acetylenes is 1. The molecule has 7 nitrogen and oxygen atoms in total. The van der Waals surface area contributed by atoms with Crippen molar-refractivity contribution in [1.82, 2.24) is 25.4 Å². The third-order valence-electron chi connectivity index (χ3n) is 3.85. The maximum atomic E-state index is 12.1. The number of nitrogens with zero attached hydrogens (tertiary/aromatic N) is 3. The Morgan fingerprint density at radius 1 is 0.966 bits per heavy atom. The first kappa shape index (κ1) is 20.2. The lowest BCUT2D eigenvalue weighted by Gasteiger charge is -2.10. The molecule has 3 rings (SSSR count). The summed E-state index contributed by atoms with van der Waals surface area (Å²) in [5.41, 5.74) is 1.82. The number of nitrogens with one attached hydrogen (secondary N) is 2. The summed E-state index contributed by atoms with van der Waals surface area (Å²) in [5.74, 6) is 2.48. The molecular weight excluding hydrogens is 386 g/mol. The number of carbonyl (C=O) groups is 2. The van der Waals surface area contributed by atoms with Crippen molar-refractivity contribution < 1.29 is 9.59 Å². The molecule has 0 unspecified atom stereocenters. The van der Waals surface area contributed by atoms with Gasteiger partial charge in [0.2, 0.25) is 11.8 Å². The molecule has 0 spiro atoms. The topological polar surface area (TPSA) is 88.9 Å². The van der Waals surface area contributed by atoms with Gasteiger partial charge in [-0.25, -0.2) is 0 Å². The van der Waals surface area contributed by atoms with Gasteiger partial charge in [-0.1, -0.05) is 66.2 Å². The molecule has 1 aromatic heterocycles. The highest BCUT2D eigenvalue weighted by molar-refractivity contribution is 7.99. The third-order valence-corrected chi connectivity index (χ3v) is 4.77. The summed E-state index contributed by atoms with van der Waals surface area (Å²) in [6.45, 7) is 0.00755. The number of carbonyl (C=O) groups excluding carboxylic acids is 2. The molecule has 1 heterocycles. The summed E-state index contributed by atoms with van der Waals surface area (Å²) < 4.78 is 1.91. The van der Waals surface area contributed by atoms with Gasteiger partial charge in [0, 0.05) is 11.3 Å². The average molecular weight is 405 g/mol. The number of hydrogen-bond donors (Lipinski definition) is 2. The van der Waals surface area contributed by atoms with E-state index in [-0.39, 0.29) is 30.7 Å². The van der Waals surface area contributed by atoms with Crippen LogP contribution in [-0.4, -0.2) is 45.4 Å².